The van der Waals surface area contributed by atoms with E-state index in [0.29, 0.717) is 19.6 Å². The monoisotopic (exact) mass is 306 g/mol. The molecule has 0 aliphatic rings. The first-order chi connectivity index (χ1) is 10.7. The van der Waals surface area contributed by atoms with Crippen molar-refractivity contribution in [2.75, 3.05) is 13.2 Å². The van der Waals surface area contributed by atoms with Crippen LogP contribution in [0.2, 0.25) is 0 Å². The van der Waals surface area contributed by atoms with Gasteiger partial charge in [0.2, 0.25) is 0 Å². The lowest BCUT2D eigenvalue weighted by molar-refractivity contribution is 0.127. The number of hydrogen-bond acceptors (Lipinski definition) is 3. The highest BCUT2D eigenvalue weighted by Gasteiger charge is 2.05. The summed E-state index contributed by atoms with van der Waals surface area (Å²) in [6.45, 7) is 0.780. The Morgan fingerprint density at radius 3 is 2.50 bits per heavy atom. The smallest absolute Gasteiger partial charge is 0.170 e. The Morgan fingerprint density at radius 2 is 1.77 bits per heavy atom. The molecule has 0 unspecified atom stereocenters. The van der Waals surface area contributed by atoms with Gasteiger partial charge in [-0.15, -0.1) is 0 Å². The lowest BCUT2D eigenvalue weighted by atomic mass is 10.2. The van der Waals surface area contributed by atoms with E-state index in [2.05, 4.69) is 5.16 Å². The maximum Gasteiger partial charge on any atom is 0.170 e. The van der Waals surface area contributed by atoms with Gasteiger partial charge in [0, 0.05) is 12.0 Å². The number of nitrogens with zero attached hydrogens (tertiary/aromatic N) is 1. The zero-order valence-corrected chi connectivity index (χ0v) is 11.8. The van der Waals surface area contributed by atoms with Gasteiger partial charge in [-0.05, 0) is 30.3 Å². The Morgan fingerprint density at radius 1 is 1.00 bits per heavy atom. The van der Waals surface area contributed by atoms with Crippen molar-refractivity contribution in [3.05, 3.63) is 65.7 Å². The van der Waals surface area contributed by atoms with Crippen molar-refractivity contribution in [3.63, 3.8) is 0 Å². The van der Waals surface area contributed by atoms with E-state index >= 15 is 0 Å². The van der Waals surface area contributed by atoms with Gasteiger partial charge in [-0.3, -0.25) is 0 Å². The zero-order valence-electron chi connectivity index (χ0n) is 11.8. The first kappa shape index (κ1) is 15.8. The van der Waals surface area contributed by atoms with Crippen LogP contribution in [0.4, 0.5) is 8.78 Å². The van der Waals surface area contributed by atoms with Gasteiger partial charge in [0.15, 0.2) is 17.5 Å². The van der Waals surface area contributed by atoms with E-state index in [1.165, 1.54) is 6.07 Å². The van der Waals surface area contributed by atoms with Crippen molar-refractivity contribution < 1.29 is 18.4 Å². The zero-order chi connectivity index (χ0) is 15.8. The maximum absolute atomic E-state index is 13.0. The SMILES string of the molecule is NC(=NOCCCOc1ccccc1)c1ccc(F)c(F)c1. The Labute approximate surface area is 127 Å². The second-order valence-electron chi connectivity index (χ2n) is 4.45. The van der Waals surface area contributed by atoms with Crippen LogP contribution in [0.15, 0.2) is 53.7 Å². The van der Waals surface area contributed by atoms with Crippen LogP contribution in [-0.2, 0) is 4.84 Å². The molecule has 0 aliphatic heterocycles. The molecule has 0 saturated heterocycles. The van der Waals surface area contributed by atoms with Gasteiger partial charge in [0.05, 0.1) is 6.61 Å². The molecule has 0 spiro atoms. The van der Waals surface area contributed by atoms with Crippen LogP contribution in [0.3, 0.4) is 0 Å². The van der Waals surface area contributed by atoms with Crippen molar-refractivity contribution in [2.24, 2.45) is 10.9 Å². The van der Waals surface area contributed by atoms with E-state index in [0.717, 1.165) is 17.9 Å². The molecule has 2 N–H and O–H groups in total. The summed E-state index contributed by atoms with van der Waals surface area (Å²) < 4.78 is 31.3. The van der Waals surface area contributed by atoms with Gasteiger partial charge in [0.25, 0.3) is 0 Å². The molecule has 0 heterocycles. The summed E-state index contributed by atoms with van der Waals surface area (Å²) in [4.78, 5) is 5.02. The number of halogens is 2. The molecule has 0 atom stereocenters. The van der Waals surface area contributed by atoms with Crippen LogP contribution in [0.25, 0.3) is 0 Å². The second-order valence-corrected chi connectivity index (χ2v) is 4.45. The molecule has 0 radical (unpaired) electrons. The first-order valence-corrected chi connectivity index (χ1v) is 6.75. The molecule has 116 valence electrons. The molecular weight excluding hydrogens is 290 g/mol. The highest BCUT2D eigenvalue weighted by molar-refractivity contribution is 5.97. The van der Waals surface area contributed by atoms with Crippen LogP contribution < -0.4 is 10.5 Å². The minimum absolute atomic E-state index is 0.0112. The predicted molar refractivity (Wildman–Crippen MR) is 79.6 cm³/mol. The highest BCUT2D eigenvalue weighted by Crippen LogP contribution is 2.09. The lowest BCUT2D eigenvalue weighted by Gasteiger charge is -2.05. The topological polar surface area (TPSA) is 56.8 Å². The Kier molecular flexibility index (Phi) is 5.71. The highest BCUT2D eigenvalue weighted by atomic mass is 19.2. The van der Waals surface area contributed by atoms with Gasteiger partial charge in [-0.25, -0.2) is 8.78 Å². The summed E-state index contributed by atoms with van der Waals surface area (Å²) in [6, 6.07) is 12.7. The van der Waals surface area contributed by atoms with E-state index in [1.54, 1.807) is 0 Å². The van der Waals surface area contributed by atoms with Crippen LogP contribution in [0, 0.1) is 11.6 Å². The third-order valence-electron chi connectivity index (χ3n) is 2.77. The molecule has 6 heteroatoms. The number of rotatable bonds is 7. The maximum atomic E-state index is 13.0. The Balaban J connectivity index is 1.71. The molecule has 4 nitrogen and oxygen atoms in total. The summed E-state index contributed by atoms with van der Waals surface area (Å²) in [5.74, 6) is -1.14. The van der Waals surface area contributed by atoms with E-state index in [1.807, 2.05) is 30.3 Å². The lowest BCUT2D eigenvalue weighted by Crippen LogP contribution is -2.15. The van der Waals surface area contributed by atoms with Crippen molar-refractivity contribution >= 4 is 5.84 Å². The molecule has 2 aromatic carbocycles. The normalized spacial score (nSPS) is 11.3. The van der Waals surface area contributed by atoms with Crippen molar-refractivity contribution in [3.8, 4) is 5.75 Å². The molecule has 2 rings (SSSR count). The van der Waals surface area contributed by atoms with Gasteiger partial charge < -0.3 is 15.3 Å². The fourth-order valence-electron chi connectivity index (χ4n) is 1.65. The predicted octanol–water partition coefficient (Wildman–Crippen LogP) is 3.07. The van der Waals surface area contributed by atoms with Crippen LogP contribution >= 0.6 is 0 Å². The van der Waals surface area contributed by atoms with Crippen LogP contribution in [0.5, 0.6) is 5.75 Å². The average molecular weight is 306 g/mol. The van der Waals surface area contributed by atoms with E-state index < -0.39 is 11.6 Å². The van der Waals surface area contributed by atoms with E-state index in [4.69, 9.17) is 15.3 Å². The minimum Gasteiger partial charge on any atom is -0.493 e. The summed E-state index contributed by atoms with van der Waals surface area (Å²) >= 11 is 0. The molecular formula is C16H16F2N2O2. The molecule has 2 aromatic rings. The third kappa shape index (κ3) is 4.73. The van der Waals surface area contributed by atoms with Gasteiger partial charge in [-0.2, -0.15) is 0 Å². The number of amidine groups is 1. The summed E-state index contributed by atoms with van der Waals surface area (Å²) in [7, 11) is 0. The van der Waals surface area contributed by atoms with Crippen molar-refractivity contribution in [1.82, 2.24) is 0 Å². The van der Waals surface area contributed by atoms with Crippen LogP contribution in [-0.4, -0.2) is 19.0 Å². The molecule has 0 bridgehead atoms. The van der Waals surface area contributed by atoms with Gasteiger partial charge in [0.1, 0.15) is 12.4 Å². The van der Waals surface area contributed by atoms with Gasteiger partial charge in [-0.1, -0.05) is 23.4 Å². The molecule has 0 amide bonds. The number of para-hydroxylation sites is 1. The Bertz CT molecular complexity index is 633. The molecule has 0 fully saturated rings. The molecule has 0 saturated carbocycles. The minimum atomic E-state index is -0.980. The molecule has 0 aliphatic carbocycles. The number of hydrogen-bond donors (Lipinski definition) is 1. The number of oxime groups is 1. The van der Waals surface area contributed by atoms with Crippen molar-refractivity contribution in [1.29, 1.82) is 0 Å². The average Bonchev–Trinajstić information content (AvgIpc) is 2.54. The van der Waals surface area contributed by atoms with E-state index in [-0.39, 0.29) is 11.4 Å². The molecule has 0 aromatic heterocycles. The van der Waals surface area contributed by atoms with Gasteiger partial charge >= 0.3 is 0 Å². The summed E-state index contributed by atoms with van der Waals surface area (Å²) in [5.41, 5.74) is 5.89. The number of ether oxygens (including phenoxy) is 1. The Hall–Kier alpha value is -2.63. The number of nitrogens with two attached hydrogens (primary N) is 1. The standard InChI is InChI=1S/C16H16F2N2O2/c17-14-8-7-12(11-15(14)18)16(19)20-22-10-4-9-21-13-5-2-1-3-6-13/h1-3,5-8,11H,4,9-10H2,(H2,19,20). The third-order valence-corrected chi connectivity index (χ3v) is 2.77. The summed E-state index contributed by atoms with van der Waals surface area (Å²) in [6.07, 6.45) is 0.615. The van der Waals surface area contributed by atoms with Crippen molar-refractivity contribution in [2.45, 2.75) is 6.42 Å². The largest absolute Gasteiger partial charge is 0.493 e. The second kappa shape index (κ2) is 7.97. The molecule has 22 heavy (non-hydrogen) atoms. The summed E-state index contributed by atoms with van der Waals surface area (Å²) in [5, 5.41) is 3.66. The quantitative estimate of drug-likeness (QED) is 0.370. The first-order valence-electron chi connectivity index (χ1n) is 6.75. The fraction of sp³-hybridized carbons (Fsp3) is 0.188. The van der Waals surface area contributed by atoms with Crippen LogP contribution in [0.1, 0.15) is 12.0 Å². The number of benzene rings is 2. The van der Waals surface area contributed by atoms with E-state index in [9.17, 15) is 8.78 Å². The fourth-order valence-corrected chi connectivity index (χ4v) is 1.65.